The van der Waals surface area contributed by atoms with Gasteiger partial charge in [-0.1, -0.05) is 11.6 Å². The first kappa shape index (κ1) is 14.1. The number of benzene rings is 1. The minimum absolute atomic E-state index is 0.291. The molecule has 2 rings (SSSR count). The normalized spacial score (nSPS) is 15.3. The van der Waals surface area contributed by atoms with Gasteiger partial charge in [0.1, 0.15) is 0 Å². The fourth-order valence-corrected chi connectivity index (χ4v) is 2.93. The van der Waals surface area contributed by atoms with Crippen LogP contribution in [-0.4, -0.2) is 22.0 Å². The Morgan fingerprint density at radius 2 is 1.95 bits per heavy atom. The van der Waals surface area contributed by atoms with E-state index < -0.39 is 10.0 Å². The summed E-state index contributed by atoms with van der Waals surface area (Å²) in [5.41, 5.74) is 2.48. The van der Waals surface area contributed by atoms with Crippen molar-refractivity contribution in [2.45, 2.75) is 30.6 Å². The molecule has 0 aliphatic heterocycles. The molecule has 0 atom stereocenters. The second-order valence-electron chi connectivity index (χ2n) is 4.66. The molecule has 4 nitrogen and oxygen atoms in total. The van der Waals surface area contributed by atoms with Crippen LogP contribution in [0.1, 0.15) is 25.7 Å². The Kier molecular flexibility index (Phi) is 4.61. The maximum atomic E-state index is 11.6. The fourth-order valence-electron chi connectivity index (χ4n) is 2.20. The zero-order valence-corrected chi connectivity index (χ0v) is 12.0. The van der Waals surface area contributed by atoms with Gasteiger partial charge in [-0.2, -0.15) is 0 Å². The van der Waals surface area contributed by atoms with Crippen molar-refractivity contribution in [2.24, 2.45) is 0 Å². The molecule has 2 N–H and O–H groups in total. The summed E-state index contributed by atoms with van der Waals surface area (Å²) in [6, 6.07) is 6.83. The average molecular weight is 280 g/mol. The molecule has 1 aromatic rings. The molecular weight excluding hydrogens is 260 g/mol. The van der Waals surface area contributed by atoms with E-state index in [1.807, 2.05) is 0 Å². The van der Waals surface area contributed by atoms with Crippen LogP contribution >= 0.6 is 0 Å². The third-order valence-corrected chi connectivity index (χ3v) is 4.77. The van der Waals surface area contributed by atoms with Gasteiger partial charge in [-0.15, -0.1) is 0 Å². The number of nitrogens with one attached hydrogen (secondary N) is 2. The Morgan fingerprint density at radius 3 is 2.53 bits per heavy atom. The van der Waals surface area contributed by atoms with Gasteiger partial charge < -0.3 is 5.32 Å². The first-order chi connectivity index (χ1) is 9.12. The van der Waals surface area contributed by atoms with Crippen molar-refractivity contribution in [1.29, 1.82) is 0 Å². The first-order valence-electron chi connectivity index (χ1n) is 6.57. The molecule has 0 aromatic heterocycles. The molecule has 19 heavy (non-hydrogen) atoms. The van der Waals surface area contributed by atoms with E-state index in [1.165, 1.54) is 31.9 Å². The predicted octanol–water partition coefficient (Wildman–Crippen LogP) is 2.51. The zero-order valence-electron chi connectivity index (χ0n) is 11.1. The maximum Gasteiger partial charge on any atom is 0.240 e. The third-order valence-electron chi connectivity index (χ3n) is 3.34. The largest absolute Gasteiger partial charge is 0.385 e. The molecule has 0 saturated carbocycles. The van der Waals surface area contributed by atoms with Crippen molar-refractivity contribution < 1.29 is 8.42 Å². The molecule has 1 aliphatic carbocycles. The second kappa shape index (κ2) is 6.21. The van der Waals surface area contributed by atoms with Gasteiger partial charge in [0, 0.05) is 12.2 Å². The van der Waals surface area contributed by atoms with Crippen LogP contribution < -0.4 is 10.0 Å². The van der Waals surface area contributed by atoms with Gasteiger partial charge in [0.05, 0.1) is 4.90 Å². The highest BCUT2D eigenvalue weighted by molar-refractivity contribution is 7.89. The fraction of sp³-hybridized carbons (Fsp3) is 0.429. The molecule has 0 amide bonds. The summed E-state index contributed by atoms with van der Waals surface area (Å²) in [5.74, 6) is 0. The highest BCUT2D eigenvalue weighted by atomic mass is 32.2. The van der Waals surface area contributed by atoms with Crippen LogP contribution in [0.4, 0.5) is 5.69 Å². The smallest absolute Gasteiger partial charge is 0.240 e. The van der Waals surface area contributed by atoms with E-state index in [0.29, 0.717) is 4.90 Å². The van der Waals surface area contributed by atoms with Crippen molar-refractivity contribution in [3.63, 3.8) is 0 Å². The van der Waals surface area contributed by atoms with E-state index >= 15 is 0 Å². The summed E-state index contributed by atoms with van der Waals surface area (Å²) in [6.07, 6.45) is 7.11. The molecule has 0 radical (unpaired) electrons. The van der Waals surface area contributed by atoms with E-state index in [4.69, 9.17) is 0 Å². The molecular formula is C14H20N2O2S. The van der Waals surface area contributed by atoms with Crippen LogP contribution in [0.3, 0.4) is 0 Å². The summed E-state index contributed by atoms with van der Waals surface area (Å²) >= 11 is 0. The molecule has 1 aromatic carbocycles. The molecule has 1 aliphatic rings. The monoisotopic (exact) mass is 280 g/mol. The van der Waals surface area contributed by atoms with Crippen LogP contribution in [0.2, 0.25) is 0 Å². The van der Waals surface area contributed by atoms with Crippen molar-refractivity contribution in [3.8, 4) is 0 Å². The minimum Gasteiger partial charge on any atom is -0.385 e. The summed E-state index contributed by atoms with van der Waals surface area (Å²) in [7, 11) is -1.92. The average Bonchev–Trinajstić information content (AvgIpc) is 2.92. The molecule has 104 valence electrons. The van der Waals surface area contributed by atoms with Gasteiger partial charge in [-0.05, 0) is 57.0 Å². The van der Waals surface area contributed by atoms with Crippen molar-refractivity contribution >= 4 is 15.7 Å². The molecule has 0 unspecified atom stereocenters. The Morgan fingerprint density at radius 1 is 1.21 bits per heavy atom. The number of anilines is 1. The van der Waals surface area contributed by atoms with Gasteiger partial charge in [0.25, 0.3) is 0 Å². The highest BCUT2D eigenvalue weighted by Crippen LogP contribution is 2.20. The van der Waals surface area contributed by atoms with Gasteiger partial charge in [-0.3, -0.25) is 0 Å². The minimum atomic E-state index is -3.34. The van der Waals surface area contributed by atoms with Crippen molar-refractivity contribution in [1.82, 2.24) is 4.72 Å². The van der Waals surface area contributed by atoms with Crippen molar-refractivity contribution in [2.75, 3.05) is 18.9 Å². The van der Waals surface area contributed by atoms with Gasteiger partial charge in [-0.25, -0.2) is 13.1 Å². The number of sulfonamides is 1. The van der Waals surface area contributed by atoms with Crippen LogP contribution in [-0.2, 0) is 10.0 Å². The van der Waals surface area contributed by atoms with E-state index in [9.17, 15) is 8.42 Å². The number of rotatable bonds is 6. The van der Waals surface area contributed by atoms with Gasteiger partial charge in [0.2, 0.25) is 10.0 Å². The summed E-state index contributed by atoms with van der Waals surface area (Å²) in [4.78, 5) is 0.291. The Labute approximate surface area is 115 Å². The van der Waals surface area contributed by atoms with Gasteiger partial charge >= 0.3 is 0 Å². The quantitative estimate of drug-likeness (QED) is 0.787. The Hall–Kier alpha value is -1.33. The molecule has 0 saturated heterocycles. The Bertz CT molecular complexity index is 547. The van der Waals surface area contributed by atoms with Gasteiger partial charge in [0.15, 0.2) is 0 Å². The van der Waals surface area contributed by atoms with Crippen LogP contribution in [0.15, 0.2) is 40.8 Å². The predicted molar refractivity (Wildman–Crippen MR) is 77.7 cm³/mol. The topological polar surface area (TPSA) is 58.2 Å². The van der Waals surface area contributed by atoms with E-state index in [0.717, 1.165) is 18.7 Å². The third kappa shape index (κ3) is 3.81. The van der Waals surface area contributed by atoms with E-state index in [-0.39, 0.29) is 0 Å². The lowest BCUT2D eigenvalue weighted by Gasteiger charge is -2.08. The van der Waals surface area contributed by atoms with Crippen LogP contribution in [0, 0.1) is 0 Å². The summed E-state index contributed by atoms with van der Waals surface area (Å²) < 4.78 is 25.4. The molecule has 0 bridgehead atoms. The molecule has 0 fully saturated rings. The number of allylic oxidation sites excluding steroid dienone is 1. The SMILES string of the molecule is CNS(=O)(=O)c1ccc(NCCC2=CCCC2)cc1. The summed E-state index contributed by atoms with van der Waals surface area (Å²) in [5, 5.41) is 3.31. The van der Waals surface area contributed by atoms with E-state index in [2.05, 4.69) is 16.1 Å². The van der Waals surface area contributed by atoms with Crippen LogP contribution in [0.25, 0.3) is 0 Å². The summed E-state index contributed by atoms with van der Waals surface area (Å²) in [6.45, 7) is 0.893. The first-order valence-corrected chi connectivity index (χ1v) is 8.05. The number of hydrogen-bond acceptors (Lipinski definition) is 3. The Balaban J connectivity index is 1.88. The maximum absolute atomic E-state index is 11.6. The van der Waals surface area contributed by atoms with Crippen molar-refractivity contribution in [3.05, 3.63) is 35.9 Å². The standard InChI is InChI=1S/C14H20N2O2S/c1-15-19(17,18)14-8-6-13(7-9-14)16-11-10-12-4-2-3-5-12/h4,6-9,15-16H,2-3,5,10-11H2,1H3. The zero-order chi connectivity index (χ0) is 13.7. The lowest BCUT2D eigenvalue weighted by atomic mass is 10.1. The molecule has 5 heteroatoms. The van der Waals surface area contributed by atoms with E-state index in [1.54, 1.807) is 24.3 Å². The second-order valence-corrected chi connectivity index (χ2v) is 6.55. The molecule has 0 spiro atoms. The highest BCUT2D eigenvalue weighted by Gasteiger charge is 2.10. The lowest BCUT2D eigenvalue weighted by molar-refractivity contribution is 0.588. The molecule has 0 heterocycles. The van der Waals surface area contributed by atoms with Crippen LogP contribution in [0.5, 0.6) is 0 Å². The lowest BCUT2D eigenvalue weighted by Crippen LogP contribution is -2.18. The number of hydrogen-bond donors (Lipinski definition) is 2.